The first-order chi connectivity index (χ1) is 18.5. The normalized spacial score (nSPS) is 9.92. The summed E-state index contributed by atoms with van der Waals surface area (Å²) in [7, 11) is 0. The Bertz CT molecular complexity index is 1370. The van der Waals surface area contributed by atoms with Crippen LogP contribution in [0.25, 0.3) is 33.0 Å². The molecule has 0 spiro atoms. The minimum absolute atomic E-state index is 0.709. The molecule has 3 nitrogen and oxygen atoms in total. The Morgan fingerprint density at radius 3 is 1.71 bits per heavy atom. The van der Waals surface area contributed by atoms with E-state index in [4.69, 9.17) is 0 Å². The molecule has 0 bridgehead atoms. The van der Waals surface area contributed by atoms with Gasteiger partial charge in [0, 0.05) is 52.7 Å². The van der Waals surface area contributed by atoms with Gasteiger partial charge in [0.2, 0.25) is 0 Å². The summed E-state index contributed by atoms with van der Waals surface area (Å²) in [6, 6.07) is 25.5. The molecule has 5 aromatic rings. The van der Waals surface area contributed by atoms with Crippen LogP contribution in [0.5, 0.6) is 0 Å². The van der Waals surface area contributed by atoms with Crippen molar-refractivity contribution in [2.24, 2.45) is 5.92 Å². The molecule has 0 aliphatic rings. The zero-order chi connectivity index (χ0) is 27.9. The third kappa shape index (κ3) is 8.62. The first-order valence-corrected chi connectivity index (χ1v) is 13.8. The van der Waals surface area contributed by atoms with Crippen molar-refractivity contribution in [1.29, 1.82) is 0 Å². The van der Waals surface area contributed by atoms with E-state index < -0.39 is 0 Å². The molecule has 0 radical (unpaired) electrons. The van der Waals surface area contributed by atoms with E-state index in [0.29, 0.717) is 5.92 Å². The number of benzene rings is 2. The summed E-state index contributed by atoms with van der Waals surface area (Å²) in [5.74, 6) is 0.709. The predicted molar refractivity (Wildman–Crippen MR) is 165 cm³/mol. The summed E-state index contributed by atoms with van der Waals surface area (Å²) in [6.45, 7) is 16.6. The second-order valence-electron chi connectivity index (χ2n) is 9.01. The van der Waals surface area contributed by atoms with Crippen molar-refractivity contribution in [3.63, 3.8) is 0 Å². The standard InChI is InChI=1S/C16H19N.C15H12N2.2C2H6/c1-12(2)11-14-6-8-15(9-7-14)16-5-4-10-17-13(16)3;1-11-15(3-2-7-17-11)13-5-4-12-6-8-16-10-14(12)9-13;2*1-2/h4-10,12H,11H2,1-3H3;2-10H,1H3;2*1-2H3. The number of fused-ring (bicyclic) bond motifs is 1. The Labute approximate surface area is 230 Å². The van der Waals surface area contributed by atoms with Crippen LogP contribution >= 0.6 is 0 Å². The molecular weight excluding hydrogens is 462 g/mol. The lowest BCUT2D eigenvalue weighted by molar-refractivity contribution is 0.647. The van der Waals surface area contributed by atoms with Crippen molar-refractivity contribution < 1.29 is 0 Å². The molecule has 198 valence electrons. The molecule has 0 aliphatic heterocycles. The predicted octanol–water partition coefficient (Wildman–Crippen LogP) is 9.91. The molecule has 3 heterocycles. The molecule has 3 aromatic heterocycles. The molecule has 0 atom stereocenters. The molecule has 0 saturated carbocycles. The Balaban J connectivity index is 0.000000236. The molecule has 0 aliphatic carbocycles. The van der Waals surface area contributed by atoms with Gasteiger partial charge in [-0.15, -0.1) is 0 Å². The van der Waals surface area contributed by atoms with Crippen molar-refractivity contribution >= 4 is 10.8 Å². The average Bonchev–Trinajstić information content (AvgIpc) is 2.96. The minimum Gasteiger partial charge on any atom is -0.264 e. The van der Waals surface area contributed by atoms with Gasteiger partial charge in [0.05, 0.1) is 0 Å². The fourth-order valence-corrected chi connectivity index (χ4v) is 4.12. The zero-order valence-corrected chi connectivity index (χ0v) is 24.4. The van der Waals surface area contributed by atoms with Crippen molar-refractivity contribution in [2.75, 3.05) is 0 Å². The first kappa shape index (κ1) is 30.4. The fourth-order valence-electron chi connectivity index (χ4n) is 4.12. The van der Waals surface area contributed by atoms with Gasteiger partial charge in [0.15, 0.2) is 0 Å². The third-order valence-corrected chi connectivity index (χ3v) is 5.87. The summed E-state index contributed by atoms with van der Waals surface area (Å²) in [5.41, 5.74) is 8.39. The van der Waals surface area contributed by atoms with E-state index in [1.54, 1.807) is 0 Å². The lowest BCUT2D eigenvalue weighted by Crippen LogP contribution is -1.94. The van der Waals surface area contributed by atoms with Crippen LogP contribution in [-0.2, 0) is 6.42 Å². The van der Waals surface area contributed by atoms with E-state index in [-0.39, 0.29) is 0 Å². The highest BCUT2D eigenvalue weighted by Crippen LogP contribution is 2.25. The molecule has 38 heavy (non-hydrogen) atoms. The third-order valence-electron chi connectivity index (χ3n) is 5.87. The highest BCUT2D eigenvalue weighted by Gasteiger charge is 2.04. The quantitative estimate of drug-likeness (QED) is 0.244. The Morgan fingerprint density at radius 1 is 0.605 bits per heavy atom. The Kier molecular flexibility index (Phi) is 12.9. The monoisotopic (exact) mass is 505 g/mol. The van der Waals surface area contributed by atoms with Crippen molar-refractivity contribution in [2.45, 2.75) is 61.8 Å². The lowest BCUT2D eigenvalue weighted by atomic mass is 9.99. The maximum Gasteiger partial charge on any atom is 0.0450 e. The van der Waals surface area contributed by atoms with Crippen LogP contribution < -0.4 is 0 Å². The van der Waals surface area contributed by atoms with Gasteiger partial charge in [-0.2, -0.15) is 0 Å². The molecule has 0 fully saturated rings. The lowest BCUT2D eigenvalue weighted by Gasteiger charge is -2.08. The van der Waals surface area contributed by atoms with Crippen molar-refractivity contribution in [1.82, 2.24) is 15.0 Å². The number of hydrogen-bond acceptors (Lipinski definition) is 3. The molecule has 0 N–H and O–H groups in total. The highest BCUT2D eigenvalue weighted by atomic mass is 14.7. The summed E-state index contributed by atoms with van der Waals surface area (Å²) >= 11 is 0. The van der Waals surface area contributed by atoms with Crippen LogP contribution in [0.15, 0.2) is 97.6 Å². The van der Waals surface area contributed by atoms with Crippen LogP contribution in [0.4, 0.5) is 0 Å². The molecule has 3 heteroatoms. The molecular formula is C35H43N3. The largest absolute Gasteiger partial charge is 0.264 e. The minimum atomic E-state index is 0.709. The first-order valence-electron chi connectivity index (χ1n) is 13.8. The second-order valence-corrected chi connectivity index (χ2v) is 9.01. The van der Waals surface area contributed by atoms with Gasteiger partial charge in [0.25, 0.3) is 0 Å². The SMILES string of the molecule is CC.CC.Cc1ncccc1-c1ccc(CC(C)C)cc1.Cc1ncccc1-c1ccc2ccncc2c1. The molecule has 0 unspecified atom stereocenters. The van der Waals surface area contributed by atoms with E-state index in [2.05, 4.69) is 90.3 Å². The van der Waals surface area contributed by atoms with Crippen LogP contribution in [-0.4, -0.2) is 15.0 Å². The summed E-state index contributed by atoms with van der Waals surface area (Å²) < 4.78 is 0. The Morgan fingerprint density at radius 2 is 1.16 bits per heavy atom. The number of pyridine rings is 3. The van der Waals surface area contributed by atoms with Crippen molar-refractivity contribution in [3.05, 3.63) is 115 Å². The fraction of sp³-hybridized carbons (Fsp3) is 0.286. The Hall–Kier alpha value is -3.85. The van der Waals surface area contributed by atoms with Gasteiger partial charge < -0.3 is 0 Å². The molecule has 0 amide bonds. The van der Waals surface area contributed by atoms with Crippen LogP contribution in [0.2, 0.25) is 0 Å². The summed E-state index contributed by atoms with van der Waals surface area (Å²) in [4.78, 5) is 12.8. The smallest absolute Gasteiger partial charge is 0.0450 e. The molecule has 2 aromatic carbocycles. The van der Waals surface area contributed by atoms with E-state index in [0.717, 1.165) is 23.2 Å². The maximum absolute atomic E-state index is 4.33. The van der Waals surface area contributed by atoms with E-state index >= 15 is 0 Å². The van der Waals surface area contributed by atoms with Gasteiger partial charge >= 0.3 is 0 Å². The second kappa shape index (κ2) is 16.1. The number of rotatable bonds is 4. The van der Waals surface area contributed by atoms with Gasteiger partial charge in [-0.1, -0.05) is 90.1 Å². The van der Waals surface area contributed by atoms with Gasteiger partial charge in [-0.05, 0) is 72.5 Å². The zero-order valence-electron chi connectivity index (χ0n) is 24.4. The molecule has 5 rings (SSSR count). The van der Waals surface area contributed by atoms with Crippen molar-refractivity contribution in [3.8, 4) is 22.3 Å². The average molecular weight is 506 g/mol. The topological polar surface area (TPSA) is 38.7 Å². The van der Waals surface area contributed by atoms with Gasteiger partial charge in [-0.3, -0.25) is 15.0 Å². The maximum atomic E-state index is 4.33. The number of aromatic nitrogens is 3. The van der Waals surface area contributed by atoms with E-state index in [1.807, 2.05) is 77.6 Å². The van der Waals surface area contributed by atoms with Gasteiger partial charge in [-0.25, -0.2) is 0 Å². The summed E-state index contributed by atoms with van der Waals surface area (Å²) in [6.07, 6.45) is 8.52. The molecule has 0 saturated heterocycles. The number of hydrogen-bond donors (Lipinski definition) is 0. The van der Waals surface area contributed by atoms with Crippen LogP contribution in [0.1, 0.15) is 58.5 Å². The van der Waals surface area contributed by atoms with E-state index in [9.17, 15) is 0 Å². The summed E-state index contributed by atoms with van der Waals surface area (Å²) in [5, 5.41) is 2.37. The highest BCUT2D eigenvalue weighted by molar-refractivity contribution is 5.86. The van der Waals surface area contributed by atoms with Gasteiger partial charge in [0.1, 0.15) is 0 Å². The van der Waals surface area contributed by atoms with Crippen LogP contribution in [0.3, 0.4) is 0 Å². The number of aryl methyl sites for hydroxylation is 2. The van der Waals surface area contributed by atoms with Crippen LogP contribution in [0, 0.1) is 19.8 Å². The van der Waals surface area contributed by atoms with E-state index in [1.165, 1.54) is 33.2 Å². The number of nitrogens with zero attached hydrogens (tertiary/aromatic N) is 3.